The van der Waals surface area contributed by atoms with Crippen molar-refractivity contribution in [3.05, 3.63) is 52.4 Å². The van der Waals surface area contributed by atoms with E-state index in [-0.39, 0.29) is 18.0 Å². The van der Waals surface area contributed by atoms with Crippen molar-refractivity contribution in [2.45, 2.75) is 49.9 Å². The zero-order valence-electron chi connectivity index (χ0n) is 19.5. The monoisotopic (exact) mass is 484 g/mol. The number of fused-ring (bicyclic) bond motifs is 1. The molecular formula is C25H33ClN6O2. The number of piperazine rings is 1. The highest BCUT2D eigenvalue weighted by molar-refractivity contribution is 6.30. The third-order valence-electron chi connectivity index (χ3n) is 7.49. The lowest BCUT2D eigenvalue weighted by atomic mass is 9.95. The molecule has 2 saturated heterocycles. The van der Waals surface area contributed by atoms with Crippen LogP contribution in [-0.4, -0.2) is 77.7 Å². The van der Waals surface area contributed by atoms with Gasteiger partial charge in [0, 0.05) is 49.4 Å². The van der Waals surface area contributed by atoms with Crippen molar-refractivity contribution in [3.8, 4) is 0 Å². The fourth-order valence-corrected chi connectivity index (χ4v) is 5.79. The number of carbonyl (C=O) groups excluding carboxylic acids is 1. The Morgan fingerprint density at radius 3 is 2.65 bits per heavy atom. The number of carbonyl (C=O) groups is 1. The second-order valence-corrected chi connectivity index (χ2v) is 10.1. The summed E-state index contributed by atoms with van der Waals surface area (Å²) in [5.41, 5.74) is 2.83. The van der Waals surface area contributed by atoms with Gasteiger partial charge in [0.15, 0.2) is 0 Å². The van der Waals surface area contributed by atoms with Crippen molar-refractivity contribution in [1.82, 2.24) is 25.5 Å². The summed E-state index contributed by atoms with van der Waals surface area (Å²) in [6, 6.07) is 7.95. The van der Waals surface area contributed by atoms with Crippen LogP contribution < -0.4 is 15.5 Å². The first-order chi connectivity index (χ1) is 16.5. The minimum Gasteiger partial charge on any atom is -0.387 e. The molecule has 2 aromatic rings. The molecule has 0 bridgehead atoms. The molecule has 2 aliphatic heterocycles. The van der Waals surface area contributed by atoms with Crippen LogP contribution in [0.5, 0.6) is 0 Å². The molecule has 3 heterocycles. The fourth-order valence-electron chi connectivity index (χ4n) is 5.66. The average Bonchev–Trinajstić information content (AvgIpc) is 3.48. The first-order valence-corrected chi connectivity index (χ1v) is 12.6. The Morgan fingerprint density at radius 1 is 1.21 bits per heavy atom. The van der Waals surface area contributed by atoms with Crippen LogP contribution in [0.2, 0.25) is 5.02 Å². The molecule has 1 aliphatic carbocycles. The van der Waals surface area contributed by atoms with E-state index in [1.165, 1.54) is 0 Å². The van der Waals surface area contributed by atoms with Crippen LogP contribution >= 0.6 is 11.6 Å². The number of aliphatic hydroxyl groups is 1. The molecule has 0 spiro atoms. The summed E-state index contributed by atoms with van der Waals surface area (Å²) in [7, 11) is 0. The summed E-state index contributed by atoms with van der Waals surface area (Å²) in [5.74, 6) is 0.901. The molecule has 1 aromatic carbocycles. The minimum absolute atomic E-state index is 0.0948. The molecule has 182 valence electrons. The van der Waals surface area contributed by atoms with Gasteiger partial charge in [-0.1, -0.05) is 30.7 Å². The summed E-state index contributed by atoms with van der Waals surface area (Å²) in [5, 5.41) is 18.2. The van der Waals surface area contributed by atoms with Gasteiger partial charge in [0.1, 0.15) is 18.4 Å². The molecule has 8 nitrogen and oxygen atoms in total. The molecule has 5 rings (SSSR count). The number of hydrogen-bond acceptors (Lipinski definition) is 8. The first kappa shape index (κ1) is 23.6. The maximum absolute atomic E-state index is 12.4. The van der Waals surface area contributed by atoms with Crippen LogP contribution in [0.1, 0.15) is 54.5 Å². The number of nitrogens with one attached hydrogen (secondary N) is 2. The number of anilines is 1. The van der Waals surface area contributed by atoms with Gasteiger partial charge in [-0.15, -0.1) is 0 Å². The van der Waals surface area contributed by atoms with Crippen LogP contribution in [-0.2, 0) is 4.79 Å². The number of benzene rings is 1. The third kappa shape index (κ3) is 4.70. The largest absolute Gasteiger partial charge is 0.387 e. The smallest absolute Gasteiger partial charge is 0.135 e. The molecular weight excluding hydrogens is 452 g/mol. The molecule has 3 aliphatic rings. The zero-order valence-corrected chi connectivity index (χ0v) is 20.3. The van der Waals surface area contributed by atoms with Gasteiger partial charge >= 0.3 is 0 Å². The zero-order chi connectivity index (χ0) is 23.7. The summed E-state index contributed by atoms with van der Waals surface area (Å²) in [4.78, 5) is 26.0. The van der Waals surface area contributed by atoms with Crippen molar-refractivity contribution in [2.75, 3.05) is 44.2 Å². The van der Waals surface area contributed by atoms with Gasteiger partial charge in [0.25, 0.3) is 0 Å². The first-order valence-electron chi connectivity index (χ1n) is 12.2. The second-order valence-electron chi connectivity index (χ2n) is 9.69. The van der Waals surface area contributed by atoms with Crippen molar-refractivity contribution in [2.24, 2.45) is 0 Å². The Bertz CT molecular complexity index is 991. The van der Waals surface area contributed by atoms with Crippen molar-refractivity contribution in [3.63, 3.8) is 0 Å². The maximum atomic E-state index is 12.4. The van der Waals surface area contributed by atoms with Gasteiger partial charge in [0.05, 0.1) is 23.9 Å². The molecule has 1 aromatic heterocycles. The van der Waals surface area contributed by atoms with Gasteiger partial charge in [-0.2, -0.15) is 0 Å². The van der Waals surface area contributed by atoms with E-state index in [0.29, 0.717) is 17.5 Å². The molecule has 3 N–H and O–H groups in total. The number of hydrogen-bond donors (Lipinski definition) is 3. The third-order valence-corrected chi connectivity index (χ3v) is 7.75. The lowest BCUT2D eigenvalue weighted by Crippen LogP contribution is -2.59. The molecule has 5 atom stereocenters. The molecule has 0 saturated carbocycles. The van der Waals surface area contributed by atoms with Gasteiger partial charge in [0.2, 0.25) is 0 Å². The fraction of sp³-hybridized carbons (Fsp3) is 0.560. The normalized spacial score (nSPS) is 26.9. The average molecular weight is 485 g/mol. The van der Waals surface area contributed by atoms with E-state index in [9.17, 15) is 9.90 Å². The van der Waals surface area contributed by atoms with Crippen molar-refractivity contribution < 1.29 is 9.90 Å². The van der Waals surface area contributed by atoms with E-state index in [2.05, 4.69) is 37.3 Å². The van der Waals surface area contributed by atoms with Crippen molar-refractivity contribution in [1.29, 1.82) is 0 Å². The van der Waals surface area contributed by atoms with Crippen molar-refractivity contribution >= 4 is 23.7 Å². The lowest BCUT2D eigenvalue weighted by molar-refractivity contribution is -0.111. The van der Waals surface area contributed by atoms with E-state index in [1.54, 1.807) is 6.33 Å². The quantitative estimate of drug-likeness (QED) is 0.514. The number of nitrogens with zero attached hydrogens (tertiary/aromatic N) is 4. The Kier molecular flexibility index (Phi) is 7.13. The lowest BCUT2D eigenvalue weighted by Gasteiger charge is -2.43. The number of rotatable bonds is 7. The van der Waals surface area contributed by atoms with Crippen LogP contribution in [0, 0.1) is 0 Å². The molecule has 2 fully saturated rings. The Morgan fingerprint density at radius 2 is 1.97 bits per heavy atom. The van der Waals surface area contributed by atoms with Crippen LogP contribution in [0.3, 0.4) is 0 Å². The van der Waals surface area contributed by atoms with E-state index >= 15 is 0 Å². The van der Waals surface area contributed by atoms with E-state index in [4.69, 9.17) is 11.6 Å². The molecule has 0 amide bonds. The highest BCUT2D eigenvalue weighted by Crippen LogP contribution is 2.42. The highest BCUT2D eigenvalue weighted by Gasteiger charge is 2.36. The van der Waals surface area contributed by atoms with Crippen LogP contribution in [0.4, 0.5) is 5.82 Å². The number of aliphatic hydroxyl groups excluding tert-OH is 1. The standard InChI is InChI=1S/C25H33ClN6O2/c1-16-12-21(34)23-22(16)25(29-15-28-23)32-10-8-31(9-11-32)24(30-19-6-7-27-13-19)20(14-33)17-2-4-18(26)5-3-17/h2-5,14-16,19-21,24,27,30,34H,6-13H2,1H3/t16-,19-,20?,21-,24?/m1/s1. The Balaban J connectivity index is 1.35. The maximum Gasteiger partial charge on any atom is 0.135 e. The van der Waals surface area contributed by atoms with E-state index in [1.807, 2.05) is 24.3 Å². The summed E-state index contributed by atoms with van der Waals surface area (Å²) >= 11 is 6.10. The Hall–Kier alpha value is -2.10. The number of halogens is 1. The van der Waals surface area contributed by atoms with E-state index < -0.39 is 6.10 Å². The summed E-state index contributed by atoms with van der Waals surface area (Å²) in [6.07, 6.45) is 3.79. The highest BCUT2D eigenvalue weighted by atomic mass is 35.5. The predicted molar refractivity (Wildman–Crippen MR) is 132 cm³/mol. The van der Waals surface area contributed by atoms with Gasteiger partial charge < -0.3 is 20.1 Å². The van der Waals surface area contributed by atoms with Gasteiger partial charge in [-0.05, 0) is 43.0 Å². The van der Waals surface area contributed by atoms with Gasteiger partial charge in [-0.3, -0.25) is 10.2 Å². The molecule has 2 unspecified atom stereocenters. The van der Waals surface area contributed by atoms with Gasteiger partial charge in [-0.25, -0.2) is 9.97 Å². The number of aldehydes is 1. The van der Waals surface area contributed by atoms with Crippen LogP contribution in [0.25, 0.3) is 0 Å². The molecule has 9 heteroatoms. The molecule has 0 radical (unpaired) electrons. The summed E-state index contributed by atoms with van der Waals surface area (Å²) in [6.45, 7) is 7.27. The molecule has 34 heavy (non-hydrogen) atoms. The second kappa shape index (κ2) is 10.3. The Labute approximate surface area is 205 Å². The predicted octanol–water partition coefficient (Wildman–Crippen LogP) is 2.05. The minimum atomic E-state index is -0.505. The SMILES string of the molecule is C[C@@H]1C[C@@H](O)c2ncnc(N3CCN(C(N[C@@H]4CCNC4)C(C=O)c4ccc(Cl)cc4)CC3)c21. The van der Waals surface area contributed by atoms with E-state index in [0.717, 1.165) is 74.6 Å². The van der Waals surface area contributed by atoms with Crippen LogP contribution in [0.15, 0.2) is 30.6 Å². The number of aromatic nitrogens is 2. The summed E-state index contributed by atoms with van der Waals surface area (Å²) < 4.78 is 0. The topological polar surface area (TPSA) is 93.6 Å².